The highest BCUT2D eigenvalue weighted by molar-refractivity contribution is 6.05. The lowest BCUT2D eigenvalue weighted by atomic mass is 10.2. The molecule has 0 saturated carbocycles. The number of anilines is 1. The zero-order valence-corrected chi connectivity index (χ0v) is 15.7. The lowest BCUT2D eigenvalue weighted by molar-refractivity contribution is 0.0940. The fourth-order valence-corrected chi connectivity index (χ4v) is 3.53. The van der Waals surface area contributed by atoms with Crippen molar-refractivity contribution >= 4 is 11.6 Å². The Bertz CT molecular complexity index is 962. The maximum Gasteiger partial charge on any atom is 0.257 e. The van der Waals surface area contributed by atoms with Crippen LogP contribution in [0.15, 0.2) is 29.0 Å². The summed E-state index contributed by atoms with van der Waals surface area (Å²) >= 11 is 0. The van der Waals surface area contributed by atoms with Crippen molar-refractivity contribution in [2.75, 3.05) is 11.9 Å². The number of carbonyl (C=O) groups excluding carboxylic acids is 1. The van der Waals surface area contributed by atoms with Gasteiger partial charge in [0.1, 0.15) is 5.76 Å². The van der Waals surface area contributed by atoms with Gasteiger partial charge >= 0.3 is 0 Å². The maximum absolute atomic E-state index is 12.8. The number of nitrogens with one attached hydrogen (secondary N) is 1. The average Bonchev–Trinajstić information content (AvgIpc) is 3.39. The fraction of sp³-hybridized carbons (Fsp3) is 0.421. The molecule has 1 aliphatic heterocycles. The quantitative estimate of drug-likeness (QED) is 0.747. The second-order valence-electron chi connectivity index (χ2n) is 6.96. The van der Waals surface area contributed by atoms with Crippen LogP contribution in [0.3, 0.4) is 0 Å². The minimum atomic E-state index is -0.175. The number of aromatic nitrogens is 4. The Kier molecular flexibility index (Phi) is 4.57. The monoisotopic (exact) mass is 369 g/mol. The van der Waals surface area contributed by atoms with E-state index in [4.69, 9.17) is 9.26 Å². The summed E-state index contributed by atoms with van der Waals surface area (Å²) in [6.45, 7) is 7.19. The normalized spacial score (nSPS) is 16.8. The average molecular weight is 369 g/mol. The molecule has 27 heavy (non-hydrogen) atoms. The predicted octanol–water partition coefficient (Wildman–Crippen LogP) is 3.02. The molecule has 1 N–H and O–H groups in total. The molecule has 1 atom stereocenters. The van der Waals surface area contributed by atoms with Crippen LogP contribution in [-0.2, 0) is 11.3 Å². The van der Waals surface area contributed by atoms with Crippen LogP contribution in [0.2, 0.25) is 0 Å². The molecule has 0 spiro atoms. The van der Waals surface area contributed by atoms with Gasteiger partial charge in [-0.1, -0.05) is 5.16 Å². The van der Waals surface area contributed by atoms with Gasteiger partial charge in [-0.25, -0.2) is 0 Å². The van der Waals surface area contributed by atoms with E-state index in [1.165, 1.54) is 0 Å². The Morgan fingerprint density at radius 2 is 2.19 bits per heavy atom. The first-order chi connectivity index (χ1) is 13.0. The Morgan fingerprint density at radius 1 is 1.33 bits per heavy atom. The molecule has 1 fully saturated rings. The van der Waals surface area contributed by atoms with Crippen LogP contribution in [0.5, 0.6) is 0 Å². The van der Waals surface area contributed by atoms with Gasteiger partial charge in [0.25, 0.3) is 5.91 Å². The van der Waals surface area contributed by atoms with Crippen molar-refractivity contribution in [3.8, 4) is 5.82 Å². The largest absolute Gasteiger partial charge is 0.376 e. The first-order valence-electron chi connectivity index (χ1n) is 9.09. The lowest BCUT2D eigenvalue weighted by Gasteiger charge is -2.08. The van der Waals surface area contributed by atoms with Crippen molar-refractivity contribution < 1.29 is 14.1 Å². The molecule has 1 amide bonds. The summed E-state index contributed by atoms with van der Waals surface area (Å²) in [4.78, 5) is 12.8. The number of carbonyl (C=O) groups is 1. The minimum absolute atomic E-state index is 0.175. The van der Waals surface area contributed by atoms with Gasteiger partial charge in [0.15, 0.2) is 5.82 Å². The van der Waals surface area contributed by atoms with Gasteiger partial charge in [0, 0.05) is 30.3 Å². The van der Waals surface area contributed by atoms with E-state index in [0.29, 0.717) is 23.6 Å². The summed E-state index contributed by atoms with van der Waals surface area (Å²) < 4.78 is 14.5. The summed E-state index contributed by atoms with van der Waals surface area (Å²) in [7, 11) is 0. The van der Waals surface area contributed by atoms with Gasteiger partial charge < -0.3 is 14.6 Å². The summed E-state index contributed by atoms with van der Waals surface area (Å²) in [5.41, 5.74) is 2.99. The van der Waals surface area contributed by atoms with Gasteiger partial charge in [-0.2, -0.15) is 5.10 Å². The highest BCUT2D eigenvalue weighted by Crippen LogP contribution is 2.22. The zero-order valence-electron chi connectivity index (χ0n) is 15.7. The summed E-state index contributed by atoms with van der Waals surface area (Å²) in [5.74, 6) is 1.22. The molecule has 1 saturated heterocycles. The van der Waals surface area contributed by atoms with Crippen LogP contribution >= 0.6 is 0 Å². The van der Waals surface area contributed by atoms with E-state index in [2.05, 4.69) is 15.6 Å². The Labute approximate surface area is 157 Å². The van der Waals surface area contributed by atoms with E-state index in [1.807, 2.05) is 48.3 Å². The first-order valence-corrected chi connectivity index (χ1v) is 9.09. The number of ether oxygens (including phenoxy) is 1. The molecule has 1 unspecified atom stereocenters. The third-order valence-electron chi connectivity index (χ3n) is 4.83. The van der Waals surface area contributed by atoms with Crippen LogP contribution in [0.1, 0.15) is 40.3 Å². The van der Waals surface area contributed by atoms with Crippen LogP contribution in [-0.4, -0.2) is 38.1 Å². The number of hydrogen-bond acceptors (Lipinski definition) is 5. The van der Waals surface area contributed by atoms with Crippen molar-refractivity contribution in [3.05, 3.63) is 47.2 Å². The molecule has 142 valence electrons. The van der Waals surface area contributed by atoms with Crippen LogP contribution in [0, 0.1) is 20.8 Å². The molecule has 3 aromatic heterocycles. The van der Waals surface area contributed by atoms with Gasteiger partial charge in [0.2, 0.25) is 0 Å². The number of hydrogen-bond donors (Lipinski definition) is 1. The van der Waals surface area contributed by atoms with Gasteiger partial charge in [-0.15, -0.1) is 0 Å². The van der Waals surface area contributed by atoms with E-state index < -0.39 is 0 Å². The van der Waals surface area contributed by atoms with E-state index in [-0.39, 0.29) is 12.0 Å². The smallest absolute Gasteiger partial charge is 0.257 e. The number of aryl methyl sites for hydroxylation is 2. The molecule has 3 aromatic rings. The highest BCUT2D eigenvalue weighted by Gasteiger charge is 2.20. The molecule has 4 heterocycles. The topological polar surface area (TPSA) is 87.1 Å². The van der Waals surface area contributed by atoms with Crippen LogP contribution in [0.25, 0.3) is 5.82 Å². The van der Waals surface area contributed by atoms with Crippen molar-refractivity contribution in [1.82, 2.24) is 19.5 Å². The molecule has 0 bridgehead atoms. The molecule has 8 heteroatoms. The second kappa shape index (κ2) is 7.03. The second-order valence-corrected chi connectivity index (χ2v) is 6.96. The number of rotatable bonds is 5. The maximum atomic E-state index is 12.8. The minimum Gasteiger partial charge on any atom is -0.376 e. The van der Waals surface area contributed by atoms with E-state index >= 15 is 0 Å². The standard InChI is InChI=1S/C19H23N5O3/c1-12-7-17(14(3)24(12)18-8-13(2)27-22-18)19(25)21-15-9-20-23(10-15)11-16-5-4-6-26-16/h7-10,16H,4-6,11H2,1-3H3,(H,21,25). The third-order valence-corrected chi connectivity index (χ3v) is 4.83. The summed E-state index contributed by atoms with van der Waals surface area (Å²) in [6, 6.07) is 3.70. The van der Waals surface area contributed by atoms with Crippen molar-refractivity contribution in [2.45, 2.75) is 46.3 Å². The zero-order chi connectivity index (χ0) is 19.0. The lowest BCUT2D eigenvalue weighted by Crippen LogP contribution is -2.15. The summed E-state index contributed by atoms with van der Waals surface area (Å²) in [6.07, 6.45) is 5.84. The number of amides is 1. The van der Waals surface area contributed by atoms with Crippen molar-refractivity contribution in [1.29, 1.82) is 0 Å². The van der Waals surface area contributed by atoms with Crippen molar-refractivity contribution in [3.63, 3.8) is 0 Å². The molecule has 4 rings (SSSR count). The highest BCUT2D eigenvalue weighted by atomic mass is 16.5. The molecule has 8 nitrogen and oxygen atoms in total. The van der Waals surface area contributed by atoms with E-state index in [9.17, 15) is 4.79 Å². The predicted molar refractivity (Wildman–Crippen MR) is 99.2 cm³/mol. The van der Waals surface area contributed by atoms with E-state index in [1.54, 1.807) is 6.20 Å². The molecular formula is C19H23N5O3. The Hall–Kier alpha value is -2.87. The van der Waals surface area contributed by atoms with Gasteiger partial charge in [0.05, 0.1) is 30.1 Å². The molecule has 1 aliphatic rings. The van der Waals surface area contributed by atoms with Crippen LogP contribution < -0.4 is 5.32 Å². The molecule has 0 aromatic carbocycles. The third kappa shape index (κ3) is 3.52. The summed E-state index contributed by atoms with van der Waals surface area (Å²) in [5, 5.41) is 11.3. The molecule has 0 radical (unpaired) electrons. The number of nitrogens with zero attached hydrogens (tertiary/aromatic N) is 4. The van der Waals surface area contributed by atoms with Crippen molar-refractivity contribution in [2.24, 2.45) is 0 Å². The SMILES string of the molecule is Cc1cc(-n2c(C)cc(C(=O)Nc3cnn(CC4CCCO4)c3)c2C)no1. The first kappa shape index (κ1) is 17.5. The Morgan fingerprint density at radius 3 is 2.89 bits per heavy atom. The van der Waals surface area contributed by atoms with Gasteiger partial charge in [-0.05, 0) is 39.7 Å². The molecule has 0 aliphatic carbocycles. The van der Waals surface area contributed by atoms with Crippen LogP contribution in [0.4, 0.5) is 5.69 Å². The Balaban J connectivity index is 1.49. The molecular weight excluding hydrogens is 346 g/mol. The van der Waals surface area contributed by atoms with Gasteiger partial charge in [-0.3, -0.25) is 14.0 Å². The fourth-order valence-electron chi connectivity index (χ4n) is 3.53. The van der Waals surface area contributed by atoms with E-state index in [0.717, 1.165) is 36.6 Å².